The lowest BCUT2D eigenvalue weighted by atomic mass is 10.2. The molecule has 21 heavy (non-hydrogen) atoms. The van der Waals surface area contributed by atoms with E-state index in [1.807, 2.05) is 0 Å². The van der Waals surface area contributed by atoms with Crippen LogP contribution in [0.3, 0.4) is 0 Å². The molecule has 0 saturated carbocycles. The zero-order valence-corrected chi connectivity index (χ0v) is 12.0. The maximum absolute atomic E-state index is 12.1. The molecule has 0 bridgehead atoms. The van der Waals surface area contributed by atoms with E-state index in [1.54, 1.807) is 11.0 Å². The number of piperazine rings is 1. The Morgan fingerprint density at radius 1 is 1.24 bits per heavy atom. The van der Waals surface area contributed by atoms with Crippen molar-refractivity contribution in [2.24, 2.45) is 0 Å². The van der Waals surface area contributed by atoms with Crippen LogP contribution in [0.15, 0.2) is 41.1 Å². The fraction of sp³-hybridized carbons (Fsp3) is 0.333. The molecule has 0 atom stereocenters. The quantitative estimate of drug-likeness (QED) is 0.920. The van der Waals surface area contributed by atoms with Gasteiger partial charge in [0.25, 0.3) is 0 Å². The number of benzene rings is 1. The molecule has 0 aliphatic carbocycles. The smallest absolute Gasteiger partial charge is 0.324 e. The molecule has 3 rings (SSSR count). The molecule has 1 N–H and O–H groups in total. The minimum absolute atomic E-state index is 0.143. The van der Waals surface area contributed by atoms with Crippen molar-refractivity contribution in [2.75, 3.05) is 36.4 Å². The van der Waals surface area contributed by atoms with Gasteiger partial charge >= 0.3 is 6.03 Å². The summed E-state index contributed by atoms with van der Waals surface area (Å²) in [6.07, 6.45) is 1.51. The van der Waals surface area contributed by atoms with E-state index in [4.69, 9.17) is 4.52 Å². The third kappa shape index (κ3) is 3.16. The lowest BCUT2D eigenvalue weighted by molar-refractivity contribution is 0.207. The maximum atomic E-state index is 12.1. The molecule has 0 radical (unpaired) electrons. The highest BCUT2D eigenvalue weighted by Gasteiger charge is 2.21. The van der Waals surface area contributed by atoms with Crippen LogP contribution in [0.2, 0.25) is 0 Å². The number of carbonyl (C=O) groups is 1. The van der Waals surface area contributed by atoms with E-state index in [1.165, 1.54) is 17.4 Å². The van der Waals surface area contributed by atoms with Crippen molar-refractivity contribution in [1.29, 1.82) is 0 Å². The van der Waals surface area contributed by atoms with Crippen LogP contribution < -0.4 is 10.2 Å². The molecule has 2 heterocycles. The van der Waals surface area contributed by atoms with Crippen molar-refractivity contribution in [3.63, 3.8) is 0 Å². The fourth-order valence-electron chi connectivity index (χ4n) is 2.46. The monoisotopic (exact) mass is 286 g/mol. The molecular weight excluding hydrogens is 268 g/mol. The minimum atomic E-state index is -0.143. The third-order valence-electron chi connectivity index (χ3n) is 3.60. The summed E-state index contributed by atoms with van der Waals surface area (Å²) in [5, 5.41) is 6.26. The molecule has 2 aromatic rings. The molecule has 110 valence electrons. The molecule has 1 aliphatic rings. The standard InChI is InChI=1S/C15H18N4O2/c1-12-3-2-4-13(11-12)18-7-9-19(10-8-18)15(20)17-14-5-6-16-21-14/h2-6,11H,7-10H2,1H3,(H,17,20). The van der Waals surface area contributed by atoms with Crippen LogP contribution in [-0.2, 0) is 0 Å². The highest BCUT2D eigenvalue weighted by molar-refractivity contribution is 5.88. The molecule has 1 saturated heterocycles. The summed E-state index contributed by atoms with van der Waals surface area (Å²) < 4.78 is 4.88. The van der Waals surface area contributed by atoms with Crippen molar-refractivity contribution in [1.82, 2.24) is 10.1 Å². The van der Waals surface area contributed by atoms with Gasteiger partial charge in [-0.2, -0.15) is 0 Å². The Morgan fingerprint density at radius 3 is 2.71 bits per heavy atom. The number of aromatic nitrogens is 1. The lowest BCUT2D eigenvalue weighted by Gasteiger charge is -2.36. The number of urea groups is 1. The Morgan fingerprint density at radius 2 is 2.05 bits per heavy atom. The van der Waals surface area contributed by atoms with Gasteiger partial charge in [0, 0.05) is 37.9 Å². The zero-order chi connectivity index (χ0) is 14.7. The number of carbonyl (C=O) groups excluding carboxylic acids is 1. The predicted octanol–water partition coefficient (Wildman–Crippen LogP) is 2.34. The Kier molecular flexibility index (Phi) is 3.77. The number of hydrogen-bond acceptors (Lipinski definition) is 4. The second-order valence-corrected chi connectivity index (χ2v) is 5.12. The molecular formula is C15H18N4O2. The van der Waals surface area contributed by atoms with Gasteiger partial charge in [0.05, 0.1) is 6.20 Å². The van der Waals surface area contributed by atoms with Crippen molar-refractivity contribution < 1.29 is 9.32 Å². The summed E-state index contributed by atoms with van der Waals surface area (Å²) in [5.74, 6) is 0.376. The minimum Gasteiger partial charge on any atom is -0.368 e. The van der Waals surface area contributed by atoms with Gasteiger partial charge in [-0.05, 0) is 24.6 Å². The summed E-state index contributed by atoms with van der Waals surface area (Å²) in [6, 6.07) is 9.91. The molecule has 2 amide bonds. The first-order chi connectivity index (χ1) is 10.2. The molecule has 0 unspecified atom stereocenters. The van der Waals surface area contributed by atoms with E-state index in [0.717, 1.165) is 13.1 Å². The zero-order valence-electron chi connectivity index (χ0n) is 12.0. The Bertz CT molecular complexity index is 604. The van der Waals surface area contributed by atoms with Crippen LogP contribution >= 0.6 is 0 Å². The van der Waals surface area contributed by atoms with Crippen molar-refractivity contribution in [3.05, 3.63) is 42.1 Å². The number of aryl methyl sites for hydroxylation is 1. The molecule has 1 aromatic carbocycles. The first-order valence-corrected chi connectivity index (χ1v) is 7.00. The maximum Gasteiger partial charge on any atom is 0.324 e. The molecule has 1 fully saturated rings. The van der Waals surface area contributed by atoms with E-state index >= 15 is 0 Å². The summed E-state index contributed by atoms with van der Waals surface area (Å²) in [5.41, 5.74) is 2.46. The number of rotatable bonds is 2. The third-order valence-corrected chi connectivity index (χ3v) is 3.60. The summed E-state index contributed by atoms with van der Waals surface area (Å²) in [4.78, 5) is 16.2. The molecule has 1 aliphatic heterocycles. The van der Waals surface area contributed by atoms with E-state index in [0.29, 0.717) is 19.0 Å². The first-order valence-electron chi connectivity index (χ1n) is 7.00. The van der Waals surface area contributed by atoms with Crippen molar-refractivity contribution in [3.8, 4) is 0 Å². The molecule has 6 nitrogen and oxygen atoms in total. The van der Waals surface area contributed by atoms with E-state index in [-0.39, 0.29) is 6.03 Å². The van der Waals surface area contributed by atoms with Gasteiger partial charge in [-0.25, -0.2) is 4.79 Å². The van der Waals surface area contributed by atoms with Gasteiger partial charge in [0.15, 0.2) is 0 Å². The van der Waals surface area contributed by atoms with Crippen LogP contribution in [0.4, 0.5) is 16.4 Å². The fourth-order valence-corrected chi connectivity index (χ4v) is 2.46. The molecule has 6 heteroatoms. The average Bonchev–Trinajstić information content (AvgIpc) is 3.00. The van der Waals surface area contributed by atoms with Crippen LogP contribution in [0, 0.1) is 6.92 Å². The Labute approximate surface area is 123 Å². The first kappa shape index (κ1) is 13.5. The summed E-state index contributed by atoms with van der Waals surface area (Å²) >= 11 is 0. The van der Waals surface area contributed by atoms with Crippen LogP contribution in [0.1, 0.15) is 5.56 Å². The summed E-state index contributed by atoms with van der Waals surface area (Å²) in [6.45, 7) is 5.12. The highest BCUT2D eigenvalue weighted by Crippen LogP contribution is 2.18. The van der Waals surface area contributed by atoms with Crippen molar-refractivity contribution >= 4 is 17.6 Å². The number of nitrogens with zero attached hydrogens (tertiary/aromatic N) is 3. The number of nitrogens with one attached hydrogen (secondary N) is 1. The van der Waals surface area contributed by atoms with Gasteiger partial charge in [0.2, 0.25) is 5.88 Å². The molecule has 1 aromatic heterocycles. The predicted molar refractivity (Wildman–Crippen MR) is 80.5 cm³/mol. The Hall–Kier alpha value is -2.50. The second-order valence-electron chi connectivity index (χ2n) is 5.12. The highest BCUT2D eigenvalue weighted by atomic mass is 16.5. The van der Waals surface area contributed by atoms with E-state index < -0.39 is 0 Å². The van der Waals surface area contributed by atoms with Gasteiger partial charge in [-0.15, -0.1) is 0 Å². The van der Waals surface area contributed by atoms with Crippen molar-refractivity contribution in [2.45, 2.75) is 6.92 Å². The van der Waals surface area contributed by atoms with Crippen LogP contribution in [0.25, 0.3) is 0 Å². The SMILES string of the molecule is Cc1cccc(N2CCN(C(=O)Nc3ccno3)CC2)c1. The van der Waals surface area contributed by atoms with Crippen LogP contribution in [-0.4, -0.2) is 42.3 Å². The van der Waals surface area contributed by atoms with Gasteiger partial charge in [-0.3, -0.25) is 5.32 Å². The van der Waals surface area contributed by atoms with Gasteiger partial charge < -0.3 is 14.3 Å². The number of amides is 2. The number of hydrogen-bond donors (Lipinski definition) is 1. The van der Waals surface area contributed by atoms with E-state index in [9.17, 15) is 4.79 Å². The Balaban J connectivity index is 1.56. The van der Waals surface area contributed by atoms with Crippen LogP contribution in [0.5, 0.6) is 0 Å². The van der Waals surface area contributed by atoms with Gasteiger partial charge in [0.1, 0.15) is 0 Å². The average molecular weight is 286 g/mol. The molecule has 0 spiro atoms. The van der Waals surface area contributed by atoms with Gasteiger partial charge in [-0.1, -0.05) is 17.3 Å². The normalized spacial score (nSPS) is 15.1. The number of anilines is 2. The van der Waals surface area contributed by atoms with E-state index in [2.05, 4.69) is 46.6 Å². The largest absolute Gasteiger partial charge is 0.368 e. The summed E-state index contributed by atoms with van der Waals surface area (Å²) in [7, 11) is 0. The lowest BCUT2D eigenvalue weighted by Crippen LogP contribution is -2.50. The second kappa shape index (κ2) is 5.87. The topological polar surface area (TPSA) is 61.6 Å².